The molecule has 7 heteroatoms. The molecule has 0 bridgehead atoms. The molecule has 1 heterocycles. The number of hydrogen-bond donors (Lipinski definition) is 1. The molecule has 0 radical (unpaired) electrons. The van der Waals surface area contributed by atoms with Crippen molar-refractivity contribution in [3.63, 3.8) is 0 Å². The lowest BCUT2D eigenvalue weighted by molar-refractivity contribution is -0.120. The van der Waals surface area contributed by atoms with Crippen molar-refractivity contribution >= 4 is 39.1 Å². The fraction of sp³-hybridized carbons (Fsp3) is 0.375. The van der Waals surface area contributed by atoms with Crippen molar-refractivity contribution in [3.8, 4) is 5.75 Å². The maximum Gasteiger partial charge on any atom is 0.262 e. The van der Waals surface area contributed by atoms with Crippen LogP contribution in [0, 0.1) is 17.8 Å². The zero-order valence-corrected chi connectivity index (χ0v) is 29.5. The van der Waals surface area contributed by atoms with Gasteiger partial charge in [-0.3, -0.25) is 14.4 Å². The summed E-state index contributed by atoms with van der Waals surface area (Å²) >= 11 is 3.65. The summed E-state index contributed by atoms with van der Waals surface area (Å²) in [5.74, 6) is -0.239. The number of Topliss-reactive ketones (excluding diaryl/α,β-unsaturated/α-hetero) is 2. The van der Waals surface area contributed by atoms with Gasteiger partial charge in [0, 0.05) is 63.6 Å². The highest BCUT2D eigenvalue weighted by atomic mass is 79.9. The average Bonchev–Trinajstić information content (AvgIpc) is 2.99. The second kappa shape index (κ2) is 12.9. The first kappa shape index (κ1) is 33.0. The van der Waals surface area contributed by atoms with Crippen molar-refractivity contribution in [2.75, 3.05) is 18.5 Å². The van der Waals surface area contributed by atoms with Crippen LogP contribution >= 0.6 is 15.9 Å². The van der Waals surface area contributed by atoms with Gasteiger partial charge in [0.15, 0.2) is 18.2 Å². The van der Waals surface area contributed by atoms with Crippen molar-refractivity contribution in [2.24, 2.45) is 10.8 Å². The molecule has 0 unspecified atom stereocenters. The van der Waals surface area contributed by atoms with Crippen LogP contribution in [0.3, 0.4) is 0 Å². The Morgan fingerprint density at radius 2 is 1.45 bits per heavy atom. The first-order valence-electron chi connectivity index (χ1n) is 16.4. The van der Waals surface area contributed by atoms with Crippen molar-refractivity contribution in [3.05, 3.63) is 116 Å². The summed E-state index contributed by atoms with van der Waals surface area (Å²) in [5, 5.41) is 2.90. The number of aryl methyl sites for hydroxylation is 1. The van der Waals surface area contributed by atoms with Crippen molar-refractivity contribution in [1.29, 1.82) is 0 Å². The molecule has 3 aromatic carbocycles. The number of anilines is 1. The minimum Gasteiger partial charge on any atom is -0.483 e. The van der Waals surface area contributed by atoms with Crippen LogP contribution < -0.4 is 10.1 Å². The highest BCUT2D eigenvalue weighted by Gasteiger charge is 2.49. The largest absolute Gasteiger partial charge is 0.483 e. The van der Waals surface area contributed by atoms with E-state index in [1.54, 1.807) is 0 Å². The predicted octanol–water partition coefficient (Wildman–Crippen LogP) is 8.70. The topological polar surface area (TPSA) is 75.7 Å². The monoisotopic (exact) mass is 694 g/mol. The second-order valence-electron chi connectivity index (χ2n) is 14.8. The normalized spacial score (nSPS) is 19.0. The number of benzene rings is 3. The van der Waals surface area contributed by atoms with E-state index < -0.39 is 5.92 Å². The Kier molecular flexibility index (Phi) is 9.05. The number of carbonyl (C=O) groups excluding carboxylic acids is 3. The summed E-state index contributed by atoms with van der Waals surface area (Å²) in [7, 11) is 0. The standard InChI is InChI=1S/C40H43BrN2O4/c1-25-11-14-28(15-12-25)42-35(46)24-47-34-16-13-27(41)19-29(34)36-37-30(20-39(2,3)22-32(37)44)43(18-17-26-9-7-6-8-10-26)31-21-40(4,5)23-33(45)38(31)36/h6-16,19,36H,17-18,20-24H2,1-5H3,(H,42,46). The van der Waals surface area contributed by atoms with Crippen LogP contribution in [0.15, 0.2) is 99.8 Å². The van der Waals surface area contributed by atoms with Gasteiger partial charge in [-0.1, -0.05) is 91.7 Å². The fourth-order valence-electron chi connectivity index (χ4n) is 7.37. The molecule has 244 valence electrons. The Labute approximate surface area is 286 Å². The van der Waals surface area contributed by atoms with Gasteiger partial charge in [0.2, 0.25) is 0 Å². The van der Waals surface area contributed by atoms with Crippen LogP contribution in [0.25, 0.3) is 0 Å². The minimum absolute atomic E-state index is 0.0678. The molecule has 6 rings (SSSR count). The number of allylic oxidation sites excluding steroid dienone is 4. The Morgan fingerprint density at radius 1 is 0.851 bits per heavy atom. The van der Waals surface area contributed by atoms with Gasteiger partial charge in [-0.2, -0.15) is 0 Å². The molecule has 0 fully saturated rings. The number of carbonyl (C=O) groups is 3. The van der Waals surface area contributed by atoms with Gasteiger partial charge in [-0.05, 0) is 72.9 Å². The summed E-state index contributed by atoms with van der Waals surface area (Å²) < 4.78 is 7.04. The minimum atomic E-state index is -0.576. The first-order valence-corrected chi connectivity index (χ1v) is 17.2. The second-order valence-corrected chi connectivity index (χ2v) is 15.7. The van der Waals surface area contributed by atoms with Gasteiger partial charge in [0.1, 0.15) is 5.75 Å². The van der Waals surface area contributed by atoms with E-state index in [1.807, 2.05) is 67.6 Å². The van der Waals surface area contributed by atoms with Gasteiger partial charge >= 0.3 is 0 Å². The Bertz CT molecular complexity index is 1730. The van der Waals surface area contributed by atoms with E-state index in [-0.39, 0.29) is 34.9 Å². The number of amides is 1. The van der Waals surface area contributed by atoms with E-state index in [2.05, 4.69) is 66.0 Å². The average molecular weight is 696 g/mol. The van der Waals surface area contributed by atoms with Gasteiger partial charge < -0.3 is 15.0 Å². The van der Waals surface area contributed by atoms with E-state index in [4.69, 9.17) is 4.74 Å². The highest BCUT2D eigenvalue weighted by Crippen LogP contribution is 2.55. The molecule has 3 aromatic rings. The lowest BCUT2D eigenvalue weighted by atomic mass is 9.63. The smallest absolute Gasteiger partial charge is 0.262 e. The van der Waals surface area contributed by atoms with Crippen molar-refractivity contribution < 1.29 is 19.1 Å². The molecule has 3 aliphatic rings. The number of nitrogens with zero attached hydrogens (tertiary/aromatic N) is 1. The molecule has 47 heavy (non-hydrogen) atoms. The van der Waals surface area contributed by atoms with Gasteiger partial charge in [-0.15, -0.1) is 0 Å². The third kappa shape index (κ3) is 7.15. The summed E-state index contributed by atoms with van der Waals surface area (Å²) in [5.41, 5.74) is 6.71. The third-order valence-electron chi connectivity index (χ3n) is 9.47. The van der Waals surface area contributed by atoms with Crippen LogP contribution in [0.4, 0.5) is 5.69 Å². The summed E-state index contributed by atoms with van der Waals surface area (Å²) in [4.78, 5) is 43.9. The van der Waals surface area contributed by atoms with E-state index in [0.29, 0.717) is 42.0 Å². The Morgan fingerprint density at radius 3 is 2.04 bits per heavy atom. The van der Waals surface area contributed by atoms with Crippen LogP contribution in [-0.4, -0.2) is 35.5 Å². The van der Waals surface area contributed by atoms with E-state index in [9.17, 15) is 14.4 Å². The lowest BCUT2D eigenvalue weighted by Crippen LogP contribution is -2.45. The quantitative estimate of drug-likeness (QED) is 0.255. The highest BCUT2D eigenvalue weighted by molar-refractivity contribution is 9.10. The van der Waals surface area contributed by atoms with E-state index in [1.165, 1.54) is 5.56 Å². The third-order valence-corrected chi connectivity index (χ3v) is 9.96. The van der Waals surface area contributed by atoms with Gasteiger partial charge in [0.25, 0.3) is 5.91 Å². The summed E-state index contributed by atoms with van der Waals surface area (Å²) in [6, 6.07) is 23.6. The Balaban J connectivity index is 1.43. The van der Waals surface area contributed by atoms with Crippen LogP contribution in [0.2, 0.25) is 0 Å². The summed E-state index contributed by atoms with van der Waals surface area (Å²) in [6.07, 6.45) is 3.06. The molecular weight excluding hydrogens is 652 g/mol. The predicted molar refractivity (Wildman–Crippen MR) is 189 cm³/mol. The molecule has 0 spiro atoms. The zero-order valence-electron chi connectivity index (χ0n) is 27.9. The number of halogens is 1. The van der Waals surface area contributed by atoms with Crippen LogP contribution in [0.1, 0.15) is 76.0 Å². The maximum atomic E-state index is 14.3. The molecule has 2 aliphatic carbocycles. The lowest BCUT2D eigenvalue weighted by Gasteiger charge is -2.49. The van der Waals surface area contributed by atoms with Crippen molar-refractivity contribution in [1.82, 2.24) is 4.90 Å². The zero-order chi connectivity index (χ0) is 33.5. The first-order chi connectivity index (χ1) is 22.3. The fourth-order valence-corrected chi connectivity index (χ4v) is 7.75. The Hall–Kier alpha value is -3.97. The number of nitrogens with one attached hydrogen (secondary N) is 1. The maximum absolute atomic E-state index is 14.3. The van der Waals surface area contributed by atoms with Crippen LogP contribution in [-0.2, 0) is 20.8 Å². The number of ether oxygens (including phenoxy) is 1. The van der Waals surface area contributed by atoms with Gasteiger partial charge in [0.05, 0.1) is 0 Å². The van der Waals surface area contributed by atoms with Gasteiger partial charge in [-0.25, -0.2) is 0 Å². The number of hydrogen-bond acceptors (Lipinski definition) is 5. The van der Waals surface area contributed by atoms with Crippen LogP contribution in [0.5, 0.6) is 5.75 Å². The molecule has 0 aromatic heterocycles. The molecular formula is C40H43BrN2O4. The number of rotatable bonds is 8. The molecule has 1 aliphatic heterocycles. The SMILES string of the molecule is Cc1ccc(NC(=O)COc2ccc(Br)cc2C2C3=C(CC(C)(C)CC3=O)N(CCc3ccccc3)C3=C2C(=O)CC(C)(C)C3)cc1. The van der Waals surface area contributed by atoms with E-state index in [0.717, 1.165) is 46.3 Å². The summed E-state index contributed by atoms with van der Waals surface area (Å²) in [6.45, 7) is 11.1. The molecule has 0 saturated carbocycles. The molecule has 0 saturated heterocycles. The van der Waals surface area contributed by atoms with E-state index >= 15 is 0 Å². The number of ketones is 2. The molecule has 1 amide bonds. The molecule has 6 nitrogen and oxygen atoms in total. The molecule has 0 atom stereocenters. The molecule has 1 N–H and O–H groups in total. The van der Waals surface area contributed by atoms with Crippen molar-refractivity contribution in [2.45, 2.75) is 72.6 Å².